The first-order valence-corrected chi connectivity index (χ1v) is 8.10. The van der Waals surface area contributed by atoms with Crippen molar-refractivity contribution in [3.8, 4) is 11.1 Å². The van der Waals surface area contributed by atoms with Gasteiger partial charge in [-0.15, -0.1) is 0 Å². The van der Waals surface area contributed by atoms with Crippen molar-refractivity contribution in [2.45, 2.75) is 26.4 Å². The van der Waals surface area contributed by atoms with Gasteiger partial charge >= 0.3 is 0 Å². The highest BCUT2D eigenvalue weighted by molar-refractivity contribution is 6.30. The monoisotopic (exact) mass is 343 g/mol. The third-order valence-corrected chi connectivity index (χ3v) is 4.43. The zero-order chi connectivity index (χ0) is 17.4. The van der Waals surface area contributed by atoms with E-state index in [0.29, 0.717) is 22.8 Å². The predicted octanol–water partition coefficient (Wildman–Crippen LogP) is 3.40. The van der Waals surface area contributed by atoms with Crippen LogP contribution >= 0.6 is 11.6 Å². The Balaban J connectivity index is 2.21. The van der Waals surface area contributed by atoms with E-state index in [0.717, 1.165) is 22.0 Å². The lowest BCUT2D eigenvalue weighted by Gasteiger charge is -2.13. The van der Waals surface area contributed by atoms with Crippen molar-refractivity contribution < 1.29 is 5.11 Å². The molecule has 1 unspecified atom stereocenters. The minimum atomic E-state index is -0.594. The maximum atomic E-state index is 12.7. The molecule has 3 heterocycles. The van der Waals surface area contributed by atoms with Crippen LogP contribution in [0.2, 0.25) is 5.15 Å². The summed E-state index contributed by atoms with van der Waals surface area (Å²) in [7, 11) is 1.71. The van der Waals surface area contributed by atoms with Crippen LogP contribution < -0.4 is 5.56 Å². The lowest BCUT2D eigenvalue weighted by Crippen LogP contribution is -2.19. The molecule has 0 radical (unpaired) electrons. The van der Waals surface area contributed by atoms with Gasteiger partial charge < -0.3 is 9.67 Å². The fourth-order valence-electron chi connectivity index (χ4n) is 2.78. The second-order valence-electron chi connectivity index (χ2n) is 5.84. The number of hydrogen-bond acceptors (Lipinski definition) is 4. The molecular formula is C18H18ClN3O2. The van der Waals surface area contributed by atoms with E-state index in [1.165, 1.54) is 0 Å². The Morgan fingerprint density at radius 2 is 1.96 bits per heavy atom. The first kappa shape index (κ1) is 16.6. The Morgan fingerprint density at radius 1 is 1.21 bits per heavy atom. The molecule has 3 aromatic rings. The van der Waals surface area contributed by atoms with Crippen LogP contribution in [-0.4, -0.2) is 19.6 Å². The number of aliphatic hydroxyl groups is 1. The van der Waals surface area contributed by atoms with Crippen LogP contribution in [0.1, 0.15) is 30.7 Å². The largest absolute Gasteiger partial charge is 0.387 e. The van der Waals surface area contributed by atoms with E-state index >= 15 is 0 Å². The van der Waals surface area contributed by atoms with E-state index in [9.17, 15) is 9.90 Å². The standard InChI is InChI=1S/C18H18ClN3O2/c1-4-16(23)14-5-10(2)13(9-20-14)12-6-11-8-21-17(19)7-15(11)22(3)18(12)24/h5-9,16,23H,4H2,1-3H3. The number of aryl methyl sites for hydroxylation is 2. The van der Waals surface area contributed by atoms with Crippen molar-refractivity contribution >= 4 is 22.5 Å². The summed E-state index contributed by atoms with van der Waals surface area (Å²) in [5.74, 6) is 0. The Kier molecular flexibility index (Phi) is 4.39. The van der Waals surface area contributed by atoms with Gasteiger partial charge in [0.15, 0.2) is 0 Å². The Labute approximate surface area is 144 Å². The minimum Gasteiger partial charge on any atom is -0.387 e. The maximum Gasteiger partial charge on any atom is 0.258 e. The van der Waals surface area contributed by atoms with Crippen molar-refractivity contribution in [2.24, 2.45) is 7.05 Å². The molecule has 0 spiro atoms. The summed E-state index contributed by atoms with van der Waals surface area (Å²) in [4.78, 5) is 21.1. The van der Waals surface area contributed by atoms with Gasteiger partial charge in [0.1, 0.15) is 5.15 Å². The van der Waals surface area contributed by atoms with Crippen molar-refractivity contribution in [1.82, 2.24) is 14.5 Å². The Bertz CT molecular complexity index is 982. The summed E-state index contributed by atoms with van der Waals surface area (Å²) in [5, 5.41) is 11.1. The van der Waals surface area contributed by atoms with Gasteiger partial charge in [-0.25, -0.2) is 4.98 Å². The summed E-state index contributed by atoms with van der Waals surface area (Å²) in [5.41, 5.74) is 3.41. The van der Waals surface area contributed by atoms with Gasteiger partial charge in [-0.2, -0.15) is 0 Å². The first-order chi connectivity index (χ1) is 11.4. The zero-order valence-corrected chi connectivity index (χ0v) is 14.5. The van der Waals surface area contributed by atoms with Crippen molar-refractivity contribution in [3.05, 3.63) is 57.4 Å². The average molecular weight is 344 g/mol. The summed E-state index contributed by atoms with van der Waals surface area (Å²) >= 11 is 5.93. The molecule has 0 saturated heterocycles. The lowest BCUT2D eigenvalue weighted by molar-refractivity contribution is 0.169. The number of rotatable bonds is 3. The number of fused-ring (bicyclic) bond motifs is 1. The summed E-state index contributed by atoms with van der Waals surface area (Å²) in [6.45, 7) is 3.81. The van der Waals surface area contributed by atoms with Crippen LogP contribution in [0.5, 0.6) is 0 Å². The minimum absolute atomic E-state index is 0.126. The van der Waals surface area contributed by atoms with Crippen molar-refractivity contribution in [1.29, 1.82) is 0 Å². The maximum absolute atomic E-state index is 12.7. The SMILES string of the molecule is CCC(O)c1cc(C)c(-c2cc3cnc(Cl)cc3n(C)c2=O)cn1. The van der Waals surface area contributed by atoms with Crippen LogP contribution in [0.4, 0.5) is 0 Å². The molecule has 1 N–H and O–H groups in total. The van der Waals surface area contributed by atoms with Gasteiger partial charge in [-0.05, 0) is 37.1 Å². The van der Waals surface area contributed by atoms with E-state index in [1.54, 1.807) is 36.1 Å². The number of pyridine rings is 3. The molecule has 0 amide bonds. The van der Waals surface area contributed by atoms with Gasteiger partial charge in [0.2, 0.25) is 0 Å². The first-order valence-electron chi connectivity index (χ1n) is 7.72. The van der Waals surface area contributed by atoms with Crippen LogP contribution in [0.3, 0.4) is 0 Å². The second kappa shape index (κ2) is 6.34. The highest BCUT2D eigenvalue weighted by Crippen LogP contribution is 2.26. The molecule has 0 aliphatic heterocycles. The number of hydrogen-bond donors (Lipinski definition) is 1. The molecule has 24 heavy (non-hydrogen) atoms. The fourth-order valence-corrected chi connectivity index (χ4v) is 2.94. The van der Waals surface area contributed by atoms with Gasteiger partial charge in [0.25, 0.3) is 5.56 Å². The second-order valence-corrected chi connectivity index (χ2v) is 6.22. The Morgan fingerprint density at radius 3 is 2.62 bits per heavy atom. The molecular weight excluding hydrogens is 326 g/mol. The molecule has 124 valence electrons. The summed E-state index contributed by atoms with van der Waals surface area (Å²) in [6, 6.07) is 5.31. The highest BCUT2D eigenvalue weighted by Gasteiger charge is 2.14. The van der Waals surface area contributed by atoms with Crippen LogP contribution in [-0.2, 0) is 7.05 Å². The quantitative estimate of drug-likeness (QED) is 0.740. The average Bonchev–Trinajstić information content (AvgIpc) is 2.58. The molecule has 0 aliphatic carbocycles. The van der Waals surface area contributed by atoms with E-state index in [4.69, 9.17) is 11.6 Å². The summed E-state index contributed by atoms with van der Waals surface area (Å²) < 4.78 is 1.56. The van der Waals surface area contributed by atoms with Crippen LogP contribution in [0.15, 0.2) is 35.4 Å². The van der Waals surface area contributed by atoms with Crippen molar-refractivity contribution in [2.75, 3.05) is 0 Å². The molecule has 1 atom stereocenters. The lowest BCUT2D eigenvalue weighted by atomic mass is 10.0. The topological polar surface area (TPSA) is 68.0 Å². The smallest absolute Gasteiger partial charge is 0.258 e. The van der Waals surface area contributed by atoms with Crippen molar-refractivity contribution in [3.63, 3.8) is 0 Å². The third-order valence-electron chi connectivity index (χ3n) is 4.23. The van der Waals surface area contributed by atoms with Gasteiger partial charge in [-0.3, -0.25) is 9.78 Å². The van der Waals surface area contributed by atoms with Gasteiger partial charge in [-0.1, -0.05) is 18.5 Å². The van der Waals surface area contributed by atoms with Gasteiger partial charge in [0, 0.05) is 36.0 Å². The number of halogens is 1. The fraction of sp³-hybridized carbons (Fsp3) is 0.278. The molecule has 3 rings (SSSR count). The van der Waals surface area contributed by atoms with Crippen LogP contribution in [0.25, 0.3) is 22.0 Å². The third kappa shape index (κ3) is 2.81. The Hall–Kier alpha value is -2.24. The number of nitrogens with zero attached hydrogens (tertiary/aromatic N) is 3. The molecule has 0 bridgehead atoms. The molecule has 0 saturated carbocycles. The summed E-state index contributed by atoms with van der Waals surface area (Å²) in [6.07, 6.45) is 3.30. The van der Waals surface area contributed by atoms with Crippen LogP contribution in [0, 0.1) is 6.92 Å². The highest BCUT2D eigenvalue weighted by atomic mass is 35.5. The molecule has 0 aromatic carbocycles. The normalized spacial score (nSPS) is 12.5. The van der Waals surface area contributed by atoms with E-state index in [-0.39, 0.29) is 5.56 Å². The zero-order valence-electron chi connectivity index (χ0n) is 13.7. The molecule has 3 aromatic heterocycles. The number of aromatic nitrogens is 3. The van der Waals surface area contributed by atoms with E-state index < -0.39 is 6.10 Å². The predicted molar refractivity (Wildman–Crippen MR) is 95.2 cm³/mol. The molecule has 0 fully saturated rings. The number of aliphatic hydroxyl groups excluding tert-OH is 1. The van der Waals surface area contributed by atoms with E-state index in [2.05, 4.69) is 9.97 Å². The molecule has 0 aliphatic rings. The van der Waals surface area contributed by atoms with E-state index in [1.807, 2.05) is 19.9 Å². The molecule has 6 heteroatoms. The molecule has 5 nitrogen and oxygen atoms in total. The van der Waals surface area contributed by atoms with Gasteiger partial charge in [0.05, 0.1) is 17.3 Å².